The molecule has 0 bridgehead atoms. The van der Waals surface area contributed by atoms with Crippen molar-refractivity contribution in [2.24, 2.45) is 0 Å². The van der Waals surface area contributed by atoms with Crippen molar-refractivity contribution in [1.29, 1.82) is 0 Å². The van der Waals surface area contributed by atoms with Crippen LogP contribution in [0.5, 0.6) is 0 Å². The molecular formula is C12H20N2OS. The van der Waals surface area contributed by atoms with Gasteiger partial charge in [-0.15, -0.1) is 23.4 Å². The van der Waals surface area contributed by atoms with Gasteiger partial charge in [-0.25, -0.2) is 0 Å². The quantitative estimate of drug-likeness (QED) is 0.486. The van der Waals surface area contributed by atoms with Crippen molar-refractivity contribution >= 4 is 18.2 Å². The maximum Gasteiger partial charge on any atom is 0.247 e. The zero-order valence-corrected chi connectivity index (χ0v) is 11.3. The van der Waals surface area contributed by atoms with Crippen LogP contribution in [0.4, 0.5) is 0 Å². The van der Waals surface area contributed by atoms with Crippen LogP contribution >= 0.6 is 12.6 Å². The van der Waals surface area contributed by atoms with Gasteiger partial charge in [0.05, 0.1) is 0 Å². The standard InChI is InChI=1S/C9H12N2O.C2H4.CH4S/c1-4-6-8(5-2)9-11-10-7(3)12-9;2*1-2/h4-6H,1-3H3;1-2H2;2H,1H3/b6-4-,8-5+;;. The first-order chi connectivity index (χ1) is 7.77. The van der Waals surface area contributed by atoms with Crippen molar-refractivity contribution in [3.8, 4) is 0 Å². The number of aryl methyl sites for hydroxylation is 1. The fourth-order valence-electron chi connectivity index (χ4n) is 0.884. The van der Waals surface area contributed by atoms with Gasteiger partial charge in [-0.2, -0.15) is 12.6 Å². The predicted octanol–water partition coefficient (Wildman–Crippen LogP) is 3.71. The van der Waals surface area contributed by atoms with E-state index in [1.54, 1.807) is 13.2 Å². The first kappa shape index (κ1) is 17.1. The van der Waals surface area contributed by atoms with E-state index in [9.17, 15) is 0 Å². The molecular weight excluding hydrogens is 220 g/mol. The second kappa shape index (κ2) is 11.8. The Morgan fingerprint density at radius 1 is 1.25 bits per heavy atom. The Morgan fingerprint density at radius 2 is 1.81 bits per heavy atom. The fourth-order valence-corrected chi connectivity index (χ4v) is 0.884. The molecule has 0 fully saturated rings. The third-order valence-corrected chi connectivity index (χ3v) is 1.43. The van der Waals surface area contributed by atoms with E-state index in [1.807, 2.05) is 32.1 Å². The Bertz CT molecular complexity index is 330. The molecule has 0 saturated heterocycles. The highest BCUT2D eigenvalue weighted by Crippen LogP contribution is 2.13. The van der Waals surface area contributed by atoms with E-state index in [4.69, 9.17) is 4.42 Å². The van der Waals surface area contributed by atoms with Crippen molar-refractivity contribution in [2.75, 3.05) is 6.26 Å². The van der Waals surface area contributed by atoms with Crippen LogP contribution in [0.3, 0.4) is 0 Å². The second-order valence-corrected chi connectivity index (χ2v) is 2.37. The fraction of sp³-hybridized carbons (Fsp3) is 0.333. The van der Waals surface area contributed by atoms with Crippen molar-refractivity contribution < 1.29 is 4.42 Å². The first-order valence-electron chi connectivity index (χ1n) is 4.82. The van der Waals surface area contributed by atoms with Crippen LogP contribution in [-0.4, -0.2) is 16.5 Å². The molecule has 0 N–H and O–H groups in total. The lowest BCUT2D eigenvalue weighted by molar-refractivity contribution is 0.507. The summed E-state index contributed by atoms with van der Waals surface area (Å²) in [6, 6.07) is 0. The van der Waals surface area contributed by atoms with E-state index in [2.05, 4.69) is 36.0 Å². The van der Waals surface area contributed by atoms with E-state index >= 15 is 0 Å². The molecule has 1 heterocycles. The monoisotopic (exact) mass is 240 g/mol. The first-order valence-corrected chi connectivity index (χ1v) is 5.71. The number of allylic oxidation sites excluding steroid dienone is 4. The molecule has 0 aromatic carbocycles. The minimum absolute atomic E-state index is 0.577. The van der Waals surface area contributed by atoms with Gasteiger partial charge >= 0.3 is 0 Å². The third kappa shape index (κ3) is 6.24. The van der Waals surface area contributed by atoms with Crippen LogP contribution in [0.25, 0.3) is 5.57 Å². The molecule has 0 spiro atoms. The Hall–Kier alpha value is -1.29. The van der Waals surface area contributed by atoms with Crippen LogP contribution in [0, 0.1) is 6.92 Å². The maximum absolute atomic E-state index is 5.25. The van der Waals surface area contributed by atoms with Crippen molar-refractivity contribution in [3.05, 3.63) is 43.2 Å². The Kier molecular flexibility index (Phi) is 12.6. The molecule has 1 aromatic heterocycles. The van der Waals surface area contributed by atoms with E-state index < -0.39 is 0 Å². The van der Waals surface area contributed by atoms with E-state index in [0.29, 0.717) is 11.8 Å². The van der Waals surface area contributed by atoms with Gasteiger partial charge in [0.2, 0.25) is 11.8 Å². The van der Waals surface area contributed by atoms with Crippen molar-refractivity contribution in [3.63, 3.8) is 0 Å². The summed E-state index contributed by atoms with van der Waals surface area (Å²) in [4.78, 5) is 0. The van der Waals surface area contributed by atoms with E-state index in [1.165, 1.54) is 0 Å². The molecule has 1 rings (SSSR count). The molecule has 4 heteroatoms. The Morgan fingerprint density at radius 3 is 2.12 bits per heavy atom. The van der Waals surface area contributed by atoms with Crippen molar-refractivity contribution in [1.82, 2.24) is 10.2 Å². The smallest absolute Gasteiger partial charge is 0.247 e. The average molecular weight is 240 g/mol. The summed E-state index contributed by atoms with van der Waals surface area (Å²) >= 11 is 3.53. The number of nitrogens with zero attached hydrogens (tertiary/aromatic N) is 2. The molecule has 0 amide bonds. The maximum atomic E-state index is 5.25. The van der Waals surface area contributed by atoms with Gasteiger partial charge in [0.1, 0.15) is 0 Å². The largest absolute Gasteiger partial charge is 0.421 e. The molecule has 16 heavy (non-hydrogen) atoms. The van der Waals surface area contributed by atoms with Crippen LogP contribution < -0.4 is 0 Å². The van der Waals surface area contributed by atoms with E-state index in [0.717, 1.165) is 5.57 Å². The minimum Gasteiger partial charge on any atom is -0.421 e. The third-order valence-electron chi connectivity index (χ3n) is 1.43. The van der Waals surface area contributed by atoms with Gasteiger partial charge in [0.15, 0.2) is 0 Å². The van der Waals surface area contributed by atoms with Crippen LogP contribution in [0.15, 0.2) is 35.8 Å². The predicted molar refractivity (Wildman–Crippen MR) is 73.7 cm³/mol. The summed E-state index contributed by atoms with van der Waals surface area (Å²) in [7, 11) is 0. The van der Waals surface area contributed by atoms with Crippen LogP contribution in [0.1, 0.15) is 25.6 Å². The summed E-state index contributed by atoms with van der Waals surface area (Å²) in [5.74, 6) is 1.17. The molecule has 0 aliphatic carbocycles. The lowest BCUT2D eigenvalue weighted by Gasteiger charge is -1.90. The number of aromatic nitrogens is 2. The highest BCUT2D eigenvalue weighted by molar-refractivity contribution is 7.79. The molecule has 90 valence electrons. The summed E-state index contributed by atoms with van der Waals surface area (Å²) in [6.07, 6.45) is 7.51. The number of hydrogen-bond acceptors (Lipinski definition) is 4. The summed E-state index contributed by atoms with van der Waals surface area (Å²) in [5, 5.41) is 7.65. The highest BCUT2D eigenvalue weighted by Gasteiger charge is 2.03. The minimum atomic E-state index is 0.577. The molecule has 0 aliphatic heterocycles. The van der Waals surface area contributed by atoms with Gasteiger partial charge in [-0.1, -0.05) is 18.2 Å². The van der Waals surface area contributed by atoms with Crippen LogP contribution in [-0.2, 0) is 0 Å². The Labute approximate surface area is 103 Å². The van der Waals surface area contributed by atoms with Crippen molar-refractivity contribution in [2.45, 2.75) is 20.8 Å². The summed E-state index contributed by atoms with van der Waals surface area (Å²) in [6.45, 7) is 11.7. The van der Waals surface area contributed by atoms with Gasteiger partial charge in [0, 0.05) is 12.5 Å². The molecule has 0 aliphatic rings. The molecule has 0 radical (unpaired) electrons. The lowest BCUT2D eigenvalue weighted by atomic mass is 10.2. The number of hydrogen-bond donors (Lipinski definition) is 1. The number of thiol groups is 1. The molecule has 3 nitrogen and oxygen atoms in total. The normalized spacial score (nSPS) is 10.2. The second-order valence-electron chi connectivity index (χ2n) is 2.37. The van der Waals surface area contributed by atoms with Gasteiger partial charge in [0.25, 0.3) is 0 Å². The molecule has 0 atom stereocenters. The Balaban J connectivity index is 0. The lowest BCUT2D eigenvalue weighted by Crippen LogP contribution is -1.79. The molecule has 1 aromatic rings. The zero-order valence-electron chi connectivity index (χ0n) is 10.4. The molecule has 0 unspecified atom stereocenters. The number of rotatable bonds is 2. The van der Waals surface area contributed by atoms with Gasteiger partial charge in [-0.3, -0.25) is 0 Å². The summed E-state index contributed by atoms with van der Waals surface area (Å²) < 4.78 is 5.25. The summed E-state index contributed by atoms with van der Waals surface area (Å²) in [5.41, 5.74) is 0.957. The average Bonchev–Trinajstić information content (AvgIpc) is 2.78. The van der Waals surface area contributed by atoms with Crippen LogP contribution in [0.2, 0.25) is 0 Å². The topological polar surface area (TPSA) is 38.9 Å². The SMILES string of the molecule is C/C=C\C(=C/C)c1nnc(C)o1.C=C.CS. The highest BCUT2D eigenvalue weighted by atomic mass is 32.1. The van der Waals surface area contributed by atoms with Gasteiger partial charge in [-0.05, 0) is 20.1 Å². The zero-order chi connectivity index (χ0) is 13.0. The molecule has 0 saturated carbocycles. The van der Waals surface area contributed by atoms with Gasteiger partial charge < -0.3 is 4.42 Å². The van der Waals surface area contributed by atoms with E-state index in [-0.39, 0.29) is 0 Å².